The van der Waals surface area contributed by atoms with Crippen molar-refractivity contribution in [3.63, 3.8) is 0 Å². The minimum atomic E-state index is -0.198. The van der Waals surface area contributed by atoms with Gasteiger partial charge < -0.3 is 14.2 Å². The van der Waals surface area contributed by atoms with Crippen LogP contribution >= 0.6 is 0 Å². The topological polar surface area (TPSA) is 58.8 Å². The average Bonchev–Trinajstić information content (AvgIpc) is 3.22. The number of likely N-dealkylation sites (tertiary alicyclic amines) is 2. The Morgan fingerprint density at radius 3 is 2.79 bits per heavy atom. The minimum Gasteiger partial charge on any atom is -0.368 e. The van der Waals surface area contributed by atoms with Gasteiger partial charge in [-0.1, -0.05) is 5.16 Å². The van der Waals surface area contributed by atoms with Crippen molar-refractivity contribution in [3.05, 3.63) is 17.0 Å². The third-order valence-corrected chi connectivity index (χ3v) is 6.12. The maximum absolute atomic E-state index is 12.7. The van der Waals surface area contributed by atoms with Crippen molar-refractivity contribution in [2.45, 2.75) is 64.1 Å². The van der Waals surface area contributed by atoms with Gasteiger partial charge in [-0.15, -0.1) is 0 Å². The fourth-order valence-electron chi connectivity index (χ4n) is 4.49. The van der Waals surface area contributed by atoms with Gasteiger partial charge in [0.25, 0.3) is 5.91 Å². The predicted molar refractivity (Wildman–Crippen MR) is 88.5 cm³/mol. The molecule has 0 aliphatic carbocycles. The second-order valence-corrected chi connectivity index (χ2v) is 7.56. The molecule has 4 rings (SSSR count). The van der Waals surface area contributed by atoms with Gasteiger partial charge in [0, 0.05) is 43.9 Å². The Balaban J connectivity index is 1.45. The molecule has 0 unspecified atom stereocenters. The van der Waals surface area contributed by atoms with Crippen molar-refractivity contribution >= 4 is 5.91 Å². The van der Waals surface area contributed by atoms with Gasteiger partial charge in [-0.2, -0.15) is 0 Å². The number of hydrogen-bond donors (Lipinski definition) is 0. The molecule has 1 aromatic heterocycles. The molecule has 1 amide bonds. The monoisotopic (exact) mass is 333 g/mol. The molecule has 0 N–H and O–H groups in total. The molecule has 2 atom stereocenters. The van der Waals surface area contributed by atoms with Crippen LogP contribution in [-0.4, -0.2) is 58.7 Å². The van der Waals surface area contributed by atoms with Crippen molar-refractivity contribution in [1.29, 1.82) is 0 Å². The fraction of sp³-hybridized carbons (Fsp3) is 0.778. The summed E-state index contributed by atoms with van der Waals surface area (Å²) in [7, 11) is 0. The number of nitrogens with zero attached hydrogens (tertiary/aromatic N) is 3. The lowest BCUT2D eigenvalue weighted by molar-refractivity contribution is -0.150. The smallest absolute Gasteiger partial charge is 0.251 e. The van der Waals surface area contributed by atoms with E-state index in [0.717, 1.165) is 63.5 Å². The average molecular weight is 333 g/mol. The van der Waals surface area contributed by atoms with E-state index in [2.05, 4.69) is 15.0 Å². The van der Waals surface area contributed by atoms with Crippen molar-refractivity contribution in [2.24, 2.45) is 0 Å². The first-order valence-electron chi connectivity index (χ1n) is 9.16. The summed E-state index contributed by atoms with van der Waals surface area (Å²) in [6, 6.07) is 0. The molecule has 0 bridgehead atoms. The highest BCUT2D eigenvalue weighted by Gasteiger charge is 2.48. The van der Waals surface area contributed by atoms with E-state index >= 15 is 0 Å². The summed E-state index contributed by atoms with van der Waals surface area (Å²) in [6.45, 7) is 8.40. The third kappa shape index (κ3) is 2.65. The van der Waals surface area contributed by atoms with Crippen LogP contribution in [0, 0.1) is 13.8 Å². The van der Waals surface area contributed by atoms with Gasteiger partial charge in [-0.05, 0) is 46.0 Å². The molecule has 1 spiro atoms. The number of aryl methyl sites for hydroxylation is 2. The minimum absolute atomic E-state index is 0.142. The quantitative estimate of drug-likeness (QED) is 0.847. The van der Waals surface area contributed by atoms with Gasteiger partial charge in [0.2, 0.25) is 0 Å². The fourth-order valence-corrected chi connectivity index (χ4v) is 4.49. The van der Waals surface area contributed by atoms with E-state index in [0.29, 0.717) is 0 Å². The molecule has 3 fully saturated rings. The first-order chi connectivity index (χ1) is 11.6. The normalized spacial score (nSPS) is 30.8. The molecule has 6 heteroatoms. The number of rotatable bonds is 3. The zero-order valence-corrected chi connectivity index (χ0v) is 14.7. The van der Waals surface area contributed by atoms with Crippen molar-refractivity contribution in [1.82, 2.24) is 15.0 Å². The van der Waals surface area contributed by atoms with E-state index in [1.54, 1.807) is 0 Å². The molecule has 24 heavy (non-hydrogen) atoms. The molecule has 3 saturated heterocycles. The Bertz CT molecular complexity index is 604. The van der Waals surface area contributed by atoms with Gasteiger partial charge in [-0.3, -0.25) is 9.69 Å². The number of piperidine rings is 1. The number of carbonyl (C=O) groups is 1. The van der Waals surface area contributed by atoms with Crippen LogP contribution in [0.3, 0.4) is 0 Å². The Morgan fingerprint density at radius 1 is 1.29 bits per heavy atom. The summed E-state index contributed by atoms with van der Waals surface area (Å²) in [5.41, 5.74) is 2.33. The molecule has 0 saturated carbocycles. The molecule has 0 aromatic carbocycles. The lowest BCUT2D eigenvalue weighted by Gasteiger charge is -2.57. The van der Waals surface area contributed by atoms with E-state index in [4.69, 9.17) is 9.26 Å². The summed E-state index contributed by atoms with van der Waals surface area (Å²) in [5.74, 6) is 1.12. The number of amides is 1. The van der Waals surface area contributed by atoms with Crippen molar-refractivity contribution in [3.8, 4) is 0 Å². The zero-order chi connectivity index (χ0) is 16.7. The number of ether oxygens (including phenoxy) is 1. The number of hydrogen-bond acceptors (Lipinski definition) is 5. The van der Waals surface area contributed by atoms with Crippen molar-refractivity contribution < 1.29 is 14.1 Å². The molecule has 0 radical (unpaired) electrons. The van der Waals surface area contributed by atoms with E-state index in [1.165, 1.54) is 18.4 Å². The summed E-state index contributed by atoms with van der Waals surface area (Å²) in [4.78, 5) is 17.3. The van der Waals surface area contributed by atoms with E-state index < -0.39 is 0 Å². The molecular formula is C18H27N3O3. The van der Waals surface area contributed by atoms with Crippen LogP contribution in [0.25, 0.3) is 0 Å². The molecular weight excluding hydrogens is 306 g/mol. The van der Waals surface area contributed by atoms with Crippen LogP contribution in [0.15, 0.2) is 4.52 Å². The Morgan fingerprint density at radius 2 is 2.17 bits per heavy atom. The lowest BCUT2D eigenvalue weighted by atomic mass is 9.77. The predicted octanol–water partition coefficient (Wildman–Crippen LogP) is 2.04. The molecule has 4 heterocycles. The third-order valence-electron chi connectivity index (χ3n) is 6.12. The first-order valence-corrected chi connectivity index (χ1v) is 9.16. The Hall–Kier alpha value is -1.40. The standard InChI is InChI=1S/C18H27N3O3/c1-13-15(14(2)24-19-13)11-21-9-7-18(21)6-4-8-20(12-18)17(22)16-5-3-10-23-16/h16H,3-12H2,1-2H3/t16-,18+/m0/s1. The second-order valence-electron chi connectivity index (χ2n) is 7.56. The highest BCUT2D eigenvalue weighted by atomic mass is 16.5. The molecule has 6 nitrogen and oxygen atoms in total. The van der Waals surface area contributed by atoms with Crippen LogP contribution in [0.4, 0.5) is 0 Å². The van der Waals surface area contributed by atoms with E-state index in [9.17, 15) is 4.79 Å². The van der Waals surface area contributed by atoms with Crippen LogP contribution in [-0.2, 0) is 16.1 Å². The van der Waals surface area contributed by atoms with Gasteiger partial charge in [-0.25, -0.2) is 0 Å². The van der Waals surface area contributed by atoms with Gasteiger partial charge in [0.05, 0.1) is 5.69 Å². The first kappa shape index (κ1) is 16.1. The zero-order valence-electron chi connectivity index (χ0n) is 14.7. The van der Waals surface area contributed by atoms with Crippen molar-refractivity contribution in [2.75, 3.05) is 26.2 Å². The van der Waals surface area contributed by atoms with Gasteiger partial charge in [0.1, 0.15) is 11.9 Å². The van der Waals surface area contributed by atoms with E-state index in [-0.39, 0.29) is 17.6 Å². The highest BCUT2D eigenvalue weighted by molar-refractivity contribution is 5.81. The summed E-state index contributed by atoms with van der Waals surface area (Å²) in [5, 5.41) is 4.07. The Labute approximate surface area is 143 Å². The maximum Gasteiger partial charge on any atom is 0.251 e. The number of carbonyl (C=O) groups excluding carboxylic acids is 1. The molecule has 132 valence electrons. The SMILES string of the molecule is Cc1noc(C)c1CN1CC[C@@]12CCCN(C(=O)[C@@H]1CCCO1)C2. The van der Waals surface area contributed by atoms with Crippen LogP contribution in [0.5, 0.6) is 0 Å². The van der Waals surface area contributed by atoms with Crippen LogP contribution in [0.2, 0.25) is 0 Å². The van der Waals surface area contributed by atoms with Crippen LogP contribution < -0.4 is 0 Å². The summed E-state index contributed by atoms with van der Waals surface area (Å²) >= 11 is 0. The highest BCUT2D eigenvalue weighted by Crippen LogP contribution is 2.40. The maximum atomic E-state index is 12.7. The largest absolute Gasteiger partial charge is 0.368 e. The summed E-state index contributed by atoms with van der Waals surface area (Å²) in [6.07, 6.45) is 5.11. The molecule has 1 aromatic rings. The van der Waals surface area contributed by atoms with Gasteiger partial charge in [0.15, 0.2) is 0 Å². The molecule has 3 aliphatic heterocycles. The number of aromatic nitrogens is 1. The Kier molecular flexibility index (Phi) is 4.12. The van der Waals surface area contributed by atoms with Crippen LogP contribution in [0.1, 0.15) is 49.1 Å². The lowest BCUT2D eigenvalue weighted by Crippen LogP contribution is -2.67. The second kappa shape index (κ2) is 6.15. The summed E-state index contributed by atoms with van der Waals surface area (Å²) < 4.78 is 10.9. The van der Waals surface area contributed by atoms with E-state index in [1.807, 2.05) is 13.8 Å². The molecule has 3 aliphatic rings. The van der Waals surface area contributed by atoms with Gasteiger partial charge >= 0.3 is 0 Å².